The van der Waals surface area contributed by atoms with E-state index in [0.717, 1.165) is 6.07 Å². The quantitative estimate of drug-likeness (QED) is 0.400. The molecule has 0 aliphatic carbocycles. The van der Waals surface area contributed by atoms with Gasteiger partial charge in [0.2, 0.25) is 10.0 Å². The summed E-state index contributed by atoms with van der Waals surface area (Å²) in [5.74, 6) is 0.611. The van der Waals surface area contributed by atoms with Gasteiger partial charge in [-0.2, -0.15) is 0 Å². The molecule has 0 bridgehead atoms. The number of benzene rings is 1. The minimum atomic E-state index is -4.03. The van der Waals surface area contributed by atoms with Crippen molar-refractivity contribution in [3.8, 4) is 0 Å². The fourth-order valence-electron chi connectivity index (χ4n) is 1.77. The van der Waals surface area contributed by atoms with Gasteiger partial charge in [0.25, 0.3) is 0 Å². The third-order valence-corrected chi connectivity index (χ3v) is 4.20. The fraction of sp³-hybridized carbons (Fsp3) is 0.182. The average Bonchev–Trinajstić information content (AvgIpc) is 2.91. The molecule has 9 nitrogen and oxygen atoms in total. The lowest BCUT2D eigenvalue weighted by Crippen LogP contribution is -2.27. The standard InChI is InChI=1S/C11H13N5O4S/c12-8-2-1-3-9(11(8)16(17)18)21(19,20)15-5-4-10-13-6-7-14-10/h1-3,6-7,15H,4-5,12H2,(H,13,14). The van der Waals surface area contributed by atoms with Gasteiger partial charge in [-0.15, -0.1) is 0 Å². The Balaban J connectivity index is 2.20. The molecule has 112 valence electrons. The van der Waals surface area contributed by atoms with Crippen molar-refractivity contribution >= 4 is 21.4 Å². The van der Waals surface area contributed by atoms with Gasteiger partial charge >= 0.3 is 5.69 Å². The number of nitrogen functional groups attached to an aromatic ring is 1. The van der Waals surface area contributed by atoms with Crippen LogP contribution in [0, 0.1) is 10.1 Å². The number of sulfonamides is 1. The number of nitrogens with one attached hydrogen (secondary N) is 2. The Bertz CT molecular complexity index is 742. The molecule has 0 saturated carbocycles. The van der Waals surface area contributed by atoms with Crippen LogP contribution in [0.15, 0.2) is 35.5 Å². The summed E-state index contributed by atoms with van der Waals surface area (Å²) < 4.78 is 26.6. The number of rotatable bonds is 6. The molecule has 0 aliphatic rings. The lowest BCUT2D eigenvalue weighted by atomic mass is 10.3. The molecule has 0 saturated heterocycles. The average molecular weight is 311 g/mol. The molecule has 0 aliphatic heterocycles. The summed E-state index contributed by atoms with van der Waals surface area (Å²) in [6.45, 7) is 0.0573. The molecular formula is C11H13N5O4S. The zero-order chi connectivity index (χ0) is 15.5. The molecule has 1 heterocycles. The van der Waals surface area contributed by atoms with Crippen LogP contribution in [-0.4, -0.2) is 29.9 Å². The Hall–Kier alpha value is -2.46. The topological polar surface area (TPSA) is 144 Å². The molecule has 21 heavy (non-hydrogen) atoms. The first-order valence-corrected chi connectivity index (χ1v) is 7.41. The number of nitrogens with two attached hydrogens (primary N) is 1. The van der Waals surface area contributed by atoms with Gasteiger partial charge in [0, 0.05) is 25.4 Å². The highest BCUT2D eigenvalue weighted by atomic mass is 32.2. The summed E-state index contributed by atoms with van der Waals surface area (Å²) in [4.78, 5) is 16.5. The number of para-hydroxylation sites is 1. The summed E-state index contributed by atoms with van der Waals surface area (Å²) in [6, 6.07) is 3.77. The minimum Gasteiger partial charge on any atom is -0.393 e. The van der Waals surface area contributed by atoms with Gasteiger partial charge in [-0.1, -0.05) is 6.07 Å². The van der Waals surface area contributed by atoms with Gasteiger partial charge in [-0.05, 0) is 12.1 Å². The maximum atomic E-state index is 12.1. The fourth-order valence-corrected chi connectivity index (χ4v) is 3.00. The molecule has 0 radical (unpaired) electrons. The highest BCUT2D eigenvalue weighted by Gasteiger charge is 2.27. The number of hydrogen-bond donors (Lipinski definition) is 3. The van der Waals surface area contributed by atoms with Crippen molar-refractivity contribution in [1.82, 2.24) is 14.7 Å². The molecule has 2 rings (SSSR count). The third kappa shape index (κ3) is 3.35. The molecule has 2 aromatic rings. The molecule has 1 aromatic carbocycles. The smallest absolute Gasteiger partial charge is 0.312 e. The Labute approximate surface area is 120 Å². The van der Waals surface area contributed by atoms with E-state index in [9.17, 15) is 18.5 Å². The second-order valence-corrected chi connectivity index (χ2v) is 5.87. The Morgan fingerprint density at radius 1 is 1.43 bits per heavy atom. The van der Waals surface area contributed by atoms with Crippen molar-refractivity contribution in [2.75, 3.05) is 12.3 Å². The van der Waals surface area contributed by atoms with E-state index in [1.165, 1.54) is 12.1 Å². The number of nitro benzene ring substituents is 1. The lowest BCUT2D eigenvalue weighted by Gasteiger charge is -2.07. The monoisotopic (exact) mass is 311 g/mol. The Morgan fingerprint density at radius 3 is 2.81 bits per heavy atom. The number of hydrogen-bond acceptors (Lipinski definition) is 6. The van der Waals surface area contributed by atoms with Crippen LogP contribution in [0.25, 0.3) is 0 Å². The summed E-state index contributed by atoms with van der Waals surface area (Å²) in [7, 11) is -4.03. The zero-order valence-corrected chi connectivity index (χ0v) is 11.6. The SMILES string of the molecule is Nc1cccc(S(=O)(=O)NCCc2ncc[nH]2)c1[N+](=O)[O-]. The molecular weight excluding hydrogens is 298 g/mol. The van der Waals surface area contributed by atoms with Crippen molar-refractivity contribution in [1.29, 1.82) is 0 Å². The van der Waals surface area contributed by atoms with Crippen molar-refractivity contribution < 1.29 is 13.3 Å². The van der Waals surface area contributed by atoms with Crippen LogP contribution in [-0.2, 0) is 16.4 Å². The Morgan fingerprint density at radius 2 is 2.19 bits per heavy atom. The van der Waals surface area contributed by atoms with Gasteiger partial charge in [0.05, 0.1) is 4.92 Å². The van der Waals surface area contributed by atoms with Crippen molar-refractivity contribution in [3.05, 3.63) is 46.5 Å². The van der Waals surface area contributed by atoms with Crippen LogP contribution in [0.4, 0.5) is 11.4 Å². The third-order valence-electron chi connectivity index (χ3n) is 2.71. The summed E-state index contributed by atoms with van der Waals surface area (Å²) in [6.07, 6.45) is 3.50. The van der Waals surface area contributed by atoms with Crippen molar-refractivity contribution in [2.24, 2.45) is 0 Å². The van der Waals surface area contributed by atoms with Gasteiger partial charge in [0.1, 0.15) is 11.5 Å². The van der Waals surface area contributed by atoms with E-state index in [0.29, 0.717) is 12.2 Å². The van der Waals surface area contributed by atoms with Crippen molar-refractivity contribution in [3.63, 3.8) is 0 Å². The van der Waals surface area contributed by atoms with E-state index in [1.54, 1.807) is 12.4 Å². The lowest BCUT2D eigenvalue weighted by molar-refractivity contribution is -0.386. The van der Waals surface area contributed by atoms with Gasteiger partial charge in [-0.3, -0.25) is 10.1 Å². The van der Waals surface area contributed by atoms with E-state index < -0.39 is 25.5 Å². The number of aromatic amines is 1. The molecule has 0 spiro atoms. The summed E-state index contributed by atoms with van der Waals surface area (Å²) >= 11 is 0. The second kappa shape index (κ2) is 5.89. The maximum absolute atomic E-state index is 12.1. The van der Waals surface area contributed by atoms with Gasteiger partial charge in [-0.25, -0.2) is 18.1 Å². The normalized spacial score (nSPS) is 11.4. The molecule has 10 heteroatoms. The highest BCUT2D eigenvalue weighted by Crippen LogP contribution is 2.29. The van der Waals surface area contributed by atoms with Gasteiger partial charge in [0.15, 0.2) is 4.90 Å². The largest absolute Gasteiger partial charge is 0.393 e. The first-order valence-electron chi connectivity index (χ1n) is 5.92. The molecule has 0 atom stereocenters. The van der Waals surface area contributed by atoms with Crippen LogP contribution in [0.1, 0.15) is 5.82 Å². The molecule has 4 N–H and O–H groups in total. The zero-order valence-electron chi connectivity index (χ0n) is 10.8. The predicted molar refractivity (Wildman–Crippen MR) is 75.0 cm³/mol. The van der Waals surface area contributed by atoms with E-state index in [1.807, 2.05) is 0 Å². The summed E-state index contributed by atoms with van der Waals surface area (Å²) in [5, 5.41) is 11.0. The number of anilines is 1. The number of nitrogens with zero attached hydrogens (tertiary/aromatic N) is 2. The molecule has 0 amide bonds. The number of imidazole rings is 1. The number of H-pyrrole nitrogens is 1. The molecule has 0 fully saturated rings. The van der Waals surface area contributed by atoms with Crippen LogP contribution in [0.5, 0.6) is 0 Å². The maximum Gasteiger partial charge on any atom is 0.312 e. The highest BCUT2D eigenvalue weighted by molar-refractivity contribution is 7.89. The van der Waals surface area contributed by atoms with E-state index in [2.05, 4.69) is 14.7 Å². The van der Waals surface area contributed by atoms with E-state index in [4.69, 9.17) is 5.73 Å². The van der Waals surface area contributed by atoms with Crippen LogP contribution in [0.2, 0.25) is 0 Å². The Kier molecular flexibility index (Phi) is 4.19. The minimum absolute atomic E-state index is 0.0573. The van der Waals surface area contributed by atoms with Crippen LogP contribution >= 0.6 is 0 Å². The van der Waals surface area contributed by atoms with Crippen LogP contribution < -0.4 is 10.5 Å². The predicted octanol–water partition coefficient (Wildman–Crippen LogP) is 0.421. The van der Waals surface area contributed by atoms with Crippen LogP contribution in [0.3, 0.4) is 0 Å². The van der Waals surface area contributed by atoms with E-state index in [-0.39, 0.29) is 12.2 Å². The number of aromatic nitrogens is 2. The van der Waals surface area contributed by atoms with Gasteiger partial charge < -0.3 is 10.7 Å². The number of nitro groups is 1. The summed E-state index contributed by atoms with van der Waals surface area (Å²) in [5.41, 5.74) is 4.65. The van der Waals surface area contributed by atoms with E-state index >= 15 is 0 Å². The van der Waals surface area contributed by atoms with Crippen molar-refractivity contribution in [2.45, 2.75) is 11.3 Å². The first kappa shape index (κ1) is 14.9. The first-order chi connectivity index (χ1) is 9.92. The molecule has 1 aromatic heterocycles. The molecule has 0 unspecified atom stereocenters. The second-order valence-electron chi connectivity index (χ2n) is 4.13.